The summed E-state index contributed by atoms with van der Waals surface area (Å²) in [5.41, 5.74) is 1.07. The first kappa shape index (κ1) is 17.1. The summed E-state index contributed by atoms with van der Waals surface area (Å²) in [6.45, 7) is 6.67. The average Bonchev–Trinajstić information content (AvgIpc) is 3.35. The van der Waals surface area contributed by atoms with Gasteiger partial charge in [-0.3, -0.25) is 4.57 Å². The van der Waals surface area contributed by atoms with E-state index in [1.807, 2.05) is 28.8 Å². The highest BCUT2D eigenvalue weighted by Gasteiger charge is 2.18. The highest BCUT2D eigenvalue weighted by Crippen LogP contribution is 2.30. The van der Waals surface area contributed by atoms with Crippen LogP contribution in [-0.2, 0) is 13.0 Å². The molecule has 0 bridgehead atoms. The monoisotopic (exact) mass is 382 g/mol. The van der Waals surface area contributed by atoms with Gasteiger partial charge in [0.1, 0.15) is 0 Å². The van der Waals surface area contributed by atoms with Crippen LogP contribution >= 0.6 is 23.1 Å². The molecule has 4 rings (SSSR count). The molecule has 0 aliphatic carbocycles. The van der Waals surface area contributed by atoms with Gasteiger partial charge in [-0.1, -0.05) is 36.9 Å². The fourth-order valence-corrected chi connectivity index (χ4v) is 4.91. The Morgan fingerprint density at radius 1 is 1.27 bits per heavy atom. The lowest BCUT2D eigenvalue weighted by Gasteiger charge is -2.10. The molecule has 4 aromatic rings. The maximum absolute atomic E-state index is 5.48. The van der Waals surface area contributed by atoms with Gasteiger partial charge in [0.25, 0.3) is 0 Å². The molecule has 0 aliphatic rings. The van der Waals surface area contributed by atoms with Gasteiger partial charge in [-0.25, -0.2) is 4.98 Å². The minimum atomic E-state index is 0.327. The molecule has 0 saturated carbocycles. The van der Waals surface area contributed by atoms with E-state index in [1.54, 1.807) is 29.4 Å². The van der Waals surface area contributed by atoms with Crippen LogP contribution in [0.1, 0.15) is 11.9 Å². The lowest BCUT2D eigenvalue weighted by atomic mass is 10.3. The van der Waals surface area contributed by atoms with Crippen molar-refractivity contribution >= 4 is 33.3 Å². The average molecular weight is 383 g/mol. The van der Waals surface area contributed by atoms with E-state index < -0.39 is 0 Å². The van der Waals surface area contributed by atoms with Crippen LogP contribution < -0.4 is 0 Å². The number of aromatic nitrogens is 4. The molecule has 1 aromatic carbocycles. The maximum atomic E-state index is 5.48. The van der Waals surface area contributed by atoms with Crippen LogP contribution in [0.4, 0.5) is 0 Å². The SMILES string of the molecule is C=CCn1c(S[C@@H](C)Cc2nc3ccccc3s2)nnc1-c1ccco1. The van der Waals surface area contributed by atoms with Crippen LogP contribution in [0.2, 0.25) is 0 Å². The maximum Gasteiger partial charge on any atom is 0.200 e. The van der Waals surface area contributed by atoms with E-state index in [0.717, 1.165) is 27.9 Å². The van der Waals surface area contributed by atoms with Gasteiger partial charge in [0.15, 0.2) is 10.9 Å². The Bertz CT molecular complexity index is 986. The number of hydrogen-bond acceptors (Lipinski definition) is 6. The summed E-state index contributed by atoms with van der Waals surface area (Å²) in [6.07, 6.45) is 4.38. The number of thioether (sulfide) groups is 1. The van der Waals surface area contributed by atoms with Crippen molar-refractivity contribution in [2.75, 3.05) is 0 Å². The quantitative estimate of drug-likeness (QED) is 0.330. The number of para-hydroxylation sites is 1. The smallest absolute Gasteiger partial charge is 0.200 e. The van der Waals surface area contributed by atoms with E-state index >= 15 is 0 Å². The Balaban J connectivity index is 1.53. The van der Waals surface area contributed by atoms with Gasteiger partial charge < -0.3 is 4.42 Å². The third-order valence-electron chi connectivity index (χ3n) is 3.88. The van der Waals surface area contributed by atoms with Gasteiger partial charge in [0, 0.05) is 18.2 Å². The van der Waals surface area contributed by atoms with Crippen LogP contribution in [0.5, 0.6) is 0 Å². The number of nitrogens with zero attached hydrogens (tertiary/aromatic N) is 4. The zero-order chi connectivity index (χ0) is 17.9. The number of rotatable bonds is 7. The number of benzene rings is 1. The summed E-state index contributed by atoms with van der Waals surface area (Å²) in [5.74, 6) is 1.44. The van der Waals surface area contributed by atoms with E-state index in [1.165, 1.54) is 4.70 Å². The third kappa shape index (κ3) is 3.45. The molecular weight excluding hydrogens is 364 g/mol. The molecule has 5 nitrogen and oxygen atoms in total. The van der Waals surface area contributed by atoms with Gasteiger partial charge in [-0.2, -0.15) is 0 Å². The van der Waals surface area contributed by atoms with Crippen LogP contribution in [0.15, 0.2) is 64.9 Å². The molecule has 0 aliphatic heterocycles. The van der Waals surface area contributed by atoms with Gasteiger partial charge in [-0.05, 0) is 24.3 Å². The van der Waals surface area contributed by atoms with Crippen LogP contribution in [0.3, 0.4) is 0 Å². The second-order valence-electron chi connectivity index (χ2n) is 5.89. The molecule has 3 aromatic heterocycles. The van der Waals surface area contributed by atoms with Crippen molar-refractivity contribution in [3.8, 4) is 11.6 Å². The molecule has 3 heterocycles. The number of fused-ring (bicyclic) bond motifs is 1. The minimum absolute atomic E-state index is 0.327. The van der Waals surface area contributed by atoms with Crippen molar-refractivity contribution in [3.63, 3.8) is 0 Å². The summed E-state index contributed by atoms with van der Waals surface area (Å²) in [6, 6.07) is 12.0. The number of hydrogen-bond donors (Lipinski definition) is 0. The lowest BCUT2D eigenvalue weighted by Crippen LogP contribution is -2.06. The molecule has 1 atom stereocenters. The second kappa shape index (κ2) is 7.47. The number of furan rings is 1. The van der Waals surface area contributed by atoms with Crippen LogP contribution in [-0.4, -0.2) is 25.0 Å². The van der Waals surface area contributed by atoms with E-state index in [-0.39, 0.29) is 0 Å². The largest absolute Gasteiger partial charge is 0.461 e. The Kier molecular flexibility index (Phi) is 4.90. The van der Waals surface area contributed by atoms with E-state index in [9.17, 15) is 0 Å². The summed E-state index contributed by atoms with van der Waals surface area (Å²) in [4.78, 5) is 4.73. The van der Waals surface area contributed by atoms with Crippen molar-refractivity contribution < 1.29 is 4.42 Å². The molecule has 132 valence electrons. The molecule has 0 unspecified atom stereocenters. The zero-order valence-corrected chi connectivity index (χ0v) is 16.0. The molecule has 0 saturated heterocycles. The summed E-state index contributed by atoms with van der Waals surface area (Å²) < 4.78 is 8.74. The molecule has 0 radical (unpaired) electrons. The highest BCUT2D eigenvalue weighted by molar-refractivity contribution is 7.99. The molecule has 0 amide bonds. The van der Waals surface area contributed by atoms with Crippen molar-refractivity contribution in [2.24, 2.45) is 0 Å². The predicted octanol–water partition coefficient (Wildman–Crippen LogP) is 5.06. The normalized spacial score (nSPS) is 12.5. The standard InChI is InChI=1S/C19H18N4OS2/c1-3-10-23-18(15-8-6-11-24-15)21-22-19(23)25-13(2)12-17-20-14-7-4-5-9-16(14)26-17/h3-9,11,13H,1,10,12H2,2H3/t13-/m0/s1. The predicted molar refractivity (Wildman–Crippen MR) is 107 cm³/mol. The number of thiazole rings is 1. The Hall–Kier alpha value is -2.38. The minimum Gasteiger partial charge on any atom is -0.461 e. The molecule has 0 spiro atoms. The molecule has 26 heavy (non-hydrogen) atoms. The summed E-state index contributed by atoms with van der Waals surface area (Å²) in [5, 5.41) is 11.0. The van der Waals surface area contributed by atoms with Crippen LogP contribution in [0.25, 0.3) is 21.8 Å². The molecule has 7 heteroatoms. The van der Waals surface area contributed by atoms with Gasteiger partial charge >= 0.3 is 0 Å². The summed E-state index contributed by atoms with van der Waals surface area (Å²) >= 11 is 3.45. The first-order valence-electron chi connectivity index (χ1n) is 8.33. The number of allylic oxidation sites excluding steroid dienone is 1. The molecule has 0 N–H and O–H groups in total. The van der Waals surface area contributed by atoms with Crippen molar-refractivity contribution in [1.29, 1.82) is 0 Å². The van der Waals surface area contributed by atoms with Gasteiger partial charge in [0.2, 0.25) is 5.82 Å². The van der Waals surface area contributed by atoms with E-state index in [0.29, 0.717) is 17.6 Å². The fraction of sp³-hybridized carbons (Fsp3) is 0.211. The Morgan fingerprint density at radius 3 is 2.92 bits per heavy atom. The molecule has 0 fully saturated rings. The van der Waals surface area contributed by atoms with E-state index in [2.05, 4.69) is 41.9 Å². The molecular formula is C19H18N4OS2. The Labute approximate surface area is 159 Å². The van der Waals surface area contributed by atoms with Crippen LogP contribution in [0, 0.1) is 0 Å². The van der Waals surface area contributed by atoms with Gasteiger partial charge in [-0.15, -0.1) is 28.1 Å². The third-order valence-corrected chi connectivity index (χ3v) is 6.02. The lowest BCUT2D eigenvalue weighted by molar-refractivity contribution is 0.569. The highest BCUT2D eigenvalue weighted by atomic mass is 32.2. The summed E-state index contributed by atoms with van der Waals surface area (Å²) in [7, 11) is 0. The first-order valence-corrected chi connectivity index (χ1v) is 10.0. The van der Waals surface area contributed by atoms with Crippen molar-refractivity contribution in [1.82, 2.24) is 19.7 Å². The van der Waals surface area contributed by atoms with Crippen molar-refractivity contribution in [3.05, 3.63) is 60.3 Å². The van der Waals surface area contributed by atoms with Gasteiger partial charge in [0.05, 0.1) is 21.5 Å². The second-order valence-corrected chi connectivity index (χ2v) is 8.41. The zero-order valence-electron chi connectivity index (χ0n) is 14.3. The van der Waals surface area contributed by atoms with Crippen molar-refractivity contribution in [2.45, 2.75) is 30.3 Å². The first-order chi connectivity index (χ1) is 12.7. The Morgan fingerprint density at radius 2 is 2.15 bits per heavy atom. The van der Waals surface area contributed by atoms with E-state index in [4.69, 9.17) is 9.40 Å². The fourth-order valence-electron chi connectivity index (χ4n) is 2.73. The topological polar surface area (TPSA) is 56.7 Å².